The molecular formula is C14H14ClN3S. The summed E-state index contributed by atoms with van der Waals surface area (Å²) in [4.78, 5) is 4.72. The SMILES string of the molecule is Cc1ccc(Nc2ccc(Cl)cc2C(N)=S)c(C)n1. The van der Waals surface area contributed by atoms with Crippen molar-refractivity contribution in [1.29, 1.82) is 0 Å². The summed E-state index contributed by atoms with van der Waals surface area (Å²) in [6, 6.07) is 9.34. The van der Waals surface area contributed by atoms with Crippen molar-refractivity contribution in [3.63, 3.8) is 0 Å². The molecule has 0 saturated heterocycles. The molecule has 0 spiro atoms. The third kappa shape index (κ3) is 3.22. The summed E-state index contributed by atoms with van der Waals surface area (Å²) in [7, 11) is 0. The molecule has 0 aliphatic carbocycles. The predicted octanol–water partition coefficient (Wildman–Crippen LogP) is 3.73. The Hall–Kier alpha value is -1.65. The zero-order valence-corrected chi connectivity index (χ0v) is 12.3. The number of hydrogen-bond acceptors (Lipinski definition) is 3. The molecule has 0 aliphatic heterocycles. The van der Waals surface area contributed by atoms with E-state index in [9.17, 15) is 0 Å². The van der Waals surface area contributed by atoms with E-state index in [0.29, 0.717) is 10.0 Å². The van der Waals surface area contributed by atoms with Gasteiger partial charge >= 0.3 is 0 Å². The highest BCUT2D eigenvalue weighted by atomic mass is 35.5. The smallest absolute Gasteiger partial charge is 0.106 e. The molecule has 0 fully saturated rings. The summed E-state index contributed by atoms with van der Waals surface area (Å²) in [5, 5.41) is 3.89. The standard InChI is InChI=1S/C14H14ClN3S/c1-8-3-5-12(9(2)17-8)18-13-6-4-10(15)7-11(13)14(16)19/h3-7,18H,1-2H3,(H2,16,19). The van der Waals surface area contributed by atoms with Crippen molar-refractivity contribution in [2.45, 2.75) is 13.8 Å². The van der Waals surface area contributed by atoms with Gasteiger partial charge in [0.2, 0.25) is 0 Å². The first-order valence-corrected chi connectivity index (χ1v) is 6.56. The Morgan fingerprint density at radius 3 is 2.53 bits per heavy atom. The van der Waals surface area contributed by atoms with Crippen LogP contribution in [-0.2, 0) is 0 Å². The van der Waals surface area contributed by atoms with Gasteiger partial charge in [0, 0.05) is 22.0 Å². The van der Waals surface area contributed by atoms with Gasteiger partial charge in [0.05, 0.1) is 11.4 Å². The third-order valence-corrected chi connectivity index (χ3v) is 3.20. The van der Waals surface area contributed by atoms with Gasteiger partial charge in [-0.2, -0.15) is 0 Å². The van der Waals surface area contributed by atoms with Crippen LogP contribution in [-0.4, -0.2) is 9.97 Å². The van der Waals surface area contributed by atoms with Crippen molar-refractivity contribution in [2.75, 3.05) is 5.32 Å². The van der Waals surface area contributed by atoms with Crippen molar-refractivity contribution in [3.05, 3.63) is 52.3 Å². The van der Waals surface area contributed by atoms with Crippen LogP contribution in [0.4, 0.5) is 11.4 Å². The fraction of sp³-hybridized carbons (Fsp3) is 0.143. The second-order valence-corrected chi connectivity index (χ2v) is 5.14. The topological polar surface area (TPSA) is 50.9 Å². The summed E-state index contributed by atoms with van der Waals surface area (Å²) in [6.45, 7) is 3.91. The first kappa shape index (κ1) is 13.8. The number of hydrogen-bond donors (Lipinski definition) is 2. The van der Waals surface area contributed by atoms with Gasteiger partial charge in [-0.3, -0.25) is 4.98 Å². The molecule has 5 heteroatoms. The Morgan fingerprint density at radius 2 is 1.89 bits per heavy atom. The monoisotopic (exact) mass is 291 g/mol. The van der Waals surface area contributed by atoms with Crippen molar-refractivity contribution >= 4 is 40.2 Å². The molecule has 3 nitrogen and oxygen atoms in total. The average Bonchev–Trinajstić information content (AvgIpc) is 2.34. The molecule has 1 aromatic carbocycles. The molecule has 0 unspecified atom stereocenters. The third-order valence-electron chi connectivity index (χ3n) is 2.74. The summed E-state index contributed by atoms with van der Waals surface area (Å²) in [6.07, 6.45) is 0. The van der Waals surface area contributed by atoms with Crippen LogP contribution in [0, 0.1) is 13.8 Å². The van der Waals surface area contributed by atoms with Crippen LogP contribution in [0.1, 0.15) is 17.0 Å². The number of aryl methyl sites for hydroxylation is 2. The van der Waals surface area contributed by atoms with Gasteiger partial charge in [-0.25, -0.2) is 0 Å². The molecule has 0 atom stereocenters. The van der Waals surface area contributed by atoms with Gasteiger partial charge in [-0.1, -0.05) is 23.8 Å². The van der Waals surface area contributed by atoms with Crippen LogP contribution in [0.25, 0.3) is 0 Å². The Kier molecular flexibility index (Phi) is 4.02. The van der Waals surface area contributed by atoms with Gasteiger partial charge in [0.15, 0.2) is 0 Å². The van der Waals surface area contributed by atoms with E-state index >= 15 is 0 Å². The Morgan fingerprint density at radius 1 is 1.21 bits per heavy atom. The number of nitrogens with two attached hydrogens (primary N) is 1. The molecule has 0 saturated carbocycles. The second kappa shape index (κ2) is 5.55. The molecule has 19 heavy (non-hydrogen) atoms. The molecule has 2 rings (SSSR count). The number of rotatable bonds is 3. The summed E-state index contributed by atoms with van der Waals surface area (Å²) in [5.74, 6) is 0. The summed E-state index contributed by atoms with van der Waals surface area (Å²) in [5.41, 5.74) is 10.1. The lowest BCUT2D eigenvalue weighted by atomic mass is 10.1. The lowest BCUT2D eigenvalue weighted by Crippen LogP contribution is -2.12. The molecule has 2 aromatic rings. The predicted molar refractivity (Wildman–Crippen MR) is 84.3 cm³/mol. The van der Waals surface area contributed by atoms with E-state index in [2.05, 4.69) is 10.3 Å². The molecule has 1 heterocycles. The Labute approximate surface area is 122 Å². The fourth-order valence-corrected chi connectivity index (χ4v) is 2.13. The largest absolute Gasteiger partial charge is 0.389 e. The molecule has 0 bridgehead atoms. The lowest BCUT2D eigenvalue weighted by molar-refractivity contribution is 1.12. The van der Waals surface area contributed by atoms with Crippen LogP contribution in [0.2, 0.25) is 5.02 Å². The number of anilines is 2. The minimum Gasteiger partial charge on any atom is -0.389 e. The lowest BCUT2D eigenvalue weighted by Gasteiger charge is -2.13. The van der Waals surface area contributed by atoms with Crippen LogP contribution in [0.15, 0.2) is 30.3 Å². The molecule has 0 amide bonds. The van der Waals surface area contributed by atoms with E-state index in [4.69, 9.17) is 29.6 Å². The van der Waals surface area contributed by atoms with Crippen molar-refractivity contribution in [2.24, 2.45) is 5.73 Å². The summed E-state index contributed by atoms with van der Waals surface area (Å²) < 4.78 is 0. The minimum atomic E-state index is 0.308. The van der Waals surface area contributed by atoms with E-state index < -0.39 is 0 Å². The van der Waals surface area contributed by atoms with Crippen LogP contribution >= 0.6 is 23.8 Å². The maximum Gasteiger partial charge on any atom is 0.106 e. The molecule has 0 radical (unpaired) electrons. The number of halogens is 1. The first-order chi connectivity index (χ1) is 8.97. The van der Waals surface area contributed by atoms with Crippen molar-refractivity contribution < 1.29 is 0 Å². The number of pyridine rings is 1. The van der Waals surface area contributed by atoms with E-state index in [0.717, 1.165) is 28.3 Å². The molecular weight excluding hydrogens is 278 g/mol. The maximum atomic E-state index is 5.96. The first-order valence-electron chi connectivity index (χ1n) is 5.78. The highest BCUT2D eigenvalue weighted by molar-refractivity contribution is 7.80. The molecule has 0 aliphatic rings. The van der Waals surface area contributed by atoms with Crippen LogP contribution in [0.5, 0.6) is 0 Å². The van der Waals surface area contributed by atoms with E-state index in [1.807, 2.05) is 32.0 Å². The van der Waals surface area contributed by atoms with Crippen LogP contribution < -0.4 is 11.1 Å². The average molecular weight is 292 g/mol. The number of nitrogens with one attached hydrogen (secondary N) is 1. The highest BCUT2D eigenvalue weighted by Gasteiger charge is 2.08. The van der Waals surface area contributed by atoms with E-state index in [1.54, 1.807) is 12.1 Å². The Bertz CT molecular complexity index is 641. The zero-order valence-electron chi connectivity index (χ0n) is 10.7. The van der Waals surface area contributed by atoms with Gasteiger partial charge in [0.25, 0.3) is 0 Å². The fourth-order valence-electron chi connectivity index (χ4n) is 1.79. The van der Waals surface area contributed by atoms with Gasteiger partial charge in [-0.05, 0) is 44.2 Å². The van der Waals surface area contributed by atoms with Gasteiger partial charge in [0.1, 0.15) is 4.99 Å². The number of benzene rings is 1. The minimum absolute atomic E-state index is 0.308. The molecule has 1 aromatic heterocycles. The van der Waals surface area contributed by atoms with Crippen molar-refractivity contribution in [3.8, 4) is 0 Å². The normalized spacial score (nSPS) is 10.3. The second-order valence-electron chi connectivity index (χ2n) is 4.26. The number of aromatic nitrogens is 1. The van der Waals surface area contributed by atoms with Crippen LogP contribution in [0.3, 0.4) is 0 Å². The van der Waals surface area contributed by atoms with Crippen molar-refractivity contribution in [1.82, 2.24) is 4.98 Å². The molecule has 98 valence electrons. The van der Waals surface area contributed by atoms with Gasteiger partial charge in [-0.15, -0.1) is 0 Å². The van der Waals surface area contributed by atoms with E-state index in [1.165, 1.54) is 0 Å². The summed E-state index contributed by atoms with van der Waals surface area (Å²) >= 11 is 11.0. The zero-order chi connectivity index (χ0) is 14.0. The van der Waals surface area contributed by atoms with E-state index in [-0.39, 0.29) is 0 Å². The quantitative estimate of drug-likeness (QED) is 0.846. The number of nitrogens with zero attached hydrogens (tertiary/aromatic N) is 1. The molecule has 3 N–H and O–H groups in total. The maximum absolute atomic E-state index is 5.96. The number of thiocarbonyl (C=S) groups is 1. The highest BCUT2D eigenvalue weighted by Crippen LogP contribution is 2.25. The Balaban J connectivity index is 2.40. The van der Waals surface area contributed by atoms with Gasteiger partial charge < -0.3 is 11.1 Å².